The lowest BCUT2D eigenvalue weighted by Gasteiger charge is -2.37. The van der Waals surface area contributed by atoms with Crippen molar-refractivity contribution < 1.29 is 4.74 Å². The predicted molar refractivity (Wildman–Crippen MR) is 88.2 cm³/mol. The SMILES string of the molecule is COc1ccc(N)cc1CN1CCN(C)c2ccccc21. The summed E-state index contributed by atoms with van der Waals surface area (Å²) >= 11 is 0. The van der Waals surface area contributed by atoms with E-state index in [4.69, 9.17) is 10.5 Å². The van der Waals surface area contributed by atoms with E-state index >= 15 is 0 Å². The van der Waals surface area contributed by atoms with Crippen molar-refractivity contribution in [2.24, 2.45) is 0 Å². The highest BCUT2D eigenvalue weighted by Crippen LogP contribution is 2.34. The normalized spacial score (nSPS) is 14.0. The fourth-order valence-electron chi connectivity index (χ4n) is 2.86. The number of para-hydroxylation sites is 2. The van der Waals surface area contributed by atoms with Crippen molar-refractivity contribution in [3.05, 3.63) is 48.0 Å². The molecule has 110 valence electrons. The minimum Gasteiger partial charge on any atom is -0.496 e. The molecule has 0 fully saturated rings. The maximum absolute atomic E-state index is 5.92. The molecule has 0 aliphatic carbocycles. The number of hydrogen-bond acceptors (Lipinski definition) is 4. The number of likely N-dealkylation sites (N-methyl/N-ethyl adjacent to an activating group) is 1. The Labute approximate surface area is 125 Å². The largest absolute Gasteiger partial charge is 0.496 e. The molecule has 0 amide bonds. The highest BCUT2D eigenvalue weighted by Gasteiger charge is 2.20. The van der Waals surface area contributed by atoms with Crippen molar-refractivity contribution in [3.8, 4) is 5.75 Å². The van der Waals surface area contributed by atoms with Crippen LogP contribution in [0.25, 0.3) is 0 Å². The predicted octanol–water partition coefficient (Wildman–Crippen LogP) is 2.73. The van der Waals surface area contributed by atoms with Gasteiger partial charge in [0.1, 0.15) is 5.75 Å². The lowest BCUT2D eigenvalue weighted by atomic mass is 10.1. The number of fused-ring (bicyclic) bond motifs is 1. The van der Waals surface area contributed by atoms with Gasteiger partial charge in [-0.05, 0) is 30.3 Å². The van der Waals surface area contributed by atoms with Gasteiger partial charge in [0.2, 0.25) is 0 Å². The Kier molecular flexibility index (Phi) is 3.60. The van der Waals surface area contributed by atoms with Gasteiger partial charge in [-0.25, -0.2) is 0 Å². The van der Waals surface area contributed by atoms with Crippen LogP contribution in [0.4, 0.5) is 17.1 Å². The van der Waals surface area contributed by atoms with E-state index in [-0.39, 0.29) is 0 Å². The Hall–Kier alpha value is -2.36. The van der Waals surface area contributed by atoms with Crippen molar-refractivity contribution >= 4 is 17.1 Å². The molecule has 2 aromatic rings. The van der Waals surface area contributed by atoms with Gasteiger partial charge in [-0.1, -0.05) is 12.1 Å². The molecule has 0 unspecified atom stereocenters. The van der Waals surface area contributed by atoms with E-state index < -0.39 is 0 Å². The first-order chi connectivity index (χ1) is 10.2. The van der Waals surface area contributed by atoms with Crippen LogP contribution >= 0.6 is 0 Å². The standard InChI is InChI=1S/C17H21N3O/c1-19-9-10-20(16-6-4-3-5-15(16)19)12-13-11-14(18)7-8-17(13)21-2/h3-8,11H,9-10,12,18H2,1-2H3. The molecule has 4 nitrogen and oxygen atoms in total. The van der Waals surface area contributed by atoms with Gasteiger partial charge in [0, 0.05) is 37.9 Å². The van der Waals surface area contributed by atoms with E-state index in [1.54, 1.807) is 7.11 Å². The van der Waals surface area contributed by atoms with Crippen LogP contribution in [0.5, 0.6) is 5.75 Å². The molecule has 4 heteroatoms. The molecule has 0 atom stereocenters. The third-order valence-electron chi connectivity index (χ3n) is 4.00. The molecule has 0 bridgehead atoms. The Morgan fingerprint density at radius 3 is 2.62 bits per heavy atom. The summed E-state index contributed by atoms with van der Waals surface area (Å²) in [7, 11) is 3.84. The van der Waals surface area contributed by atoms with Crippen LogP contribution in [0.2, 0.25) is 0 Å². The Morgan fingerprint density at radius 2 is 1.86 bits per heavy atom. The number of rotatable bonds is 3. The van der Waals surface area contributed by atoms with Crippen LogP contribution in [0.1, 0.15) is 5.56 Å². The zero-order chi connectivity index (χ0) is 14.8. The monoisotopic (exact) mass is 283 g/mol. The molecule has 21 heavy (non-hydrogen) atoms. The molecule has 2 aromatic carbocycles. The zero-order valence-corrected chi connectivity index (χ0v) is 12.5. The summed E-state index contributed by atoms with van der Waals surface area (Å²) in [5.74, 6) is 0.889. The first-order valence-electron chi connectivity index (χ1n) is 7.16. The number of benzene rings is 2. The average molecular weight is 283 g/mol. The summed E-state index contributed by atoms with van der Waals surface area (Å²) in [6.07, 6.45) is 0. The van der Waals surface area contributed by atoms with Gasteiger partial charge in [0.15, 0.2) is 0 Å². The van der Waals surface area contributed by atoms with Gasteiger partial charge in [0.25, 0.3) is 0 Å². The lowest BCUT2D eigenvalue weighted by Crippen LogP contribution is -2.38. The van der Waals surface area contributed by atoms with Crippen molar-refractivity contribution in [1.82, 2.24) is 0 Å². The minimum absolute atomic E-state index is 0.771. The molecule has 1 aliphatic rings. The lowest BCUT2D eigenvalue weighted by molar-refractivity contribution is 0.409. The van der Waals surface area contributed by atoms with E-state index in [0.29, 0.717) is 0 Å². The number of anilines is 3. The molecule has 1 heterocycles. The average Bonchev–Trinajstić information content (AvgIpc) is 2.51. The highest BCUT2D eigenvalue weighted by atomic mass is 16.5. The van der Waals surface area contributed by atoms with Gasteiger partial charge >= 0.3 is 0 Å². The number of ether oxygens (including phenoxy) is 1. The second-order valence-electron chi connectivity index (χ2n) is 5.40. The van der Waals surface area contributed by atoms with Crippen molar-refractivity contribution in [3.63, 3.8) is 0 Å². The number of nitrogens with zero attached hydrogens (tertiary/aromatic N) is 2. The smallest absolute Gasteiger partial charge is 0.123 e. The van der Waals surface area contributed by atoms with E-state index in [1.807, 2.05) is 18.2 Å². The Balaban J connectivity index is 1.93. The summed E-state index contributed by atoms with van der Waals surface area (Å²) in [6.45, 7) is 2.81. The van der Waals surface area contributed by atoms with Crippen LogP contribution in [-0.2, 0) is 6.54 Å². The maximum atomic E-state index is 5.92. The van der Waals surface area contributed by atoms with Crippen molar-refractivity contribution in [2.45, 2.75) is 6.54 Å². The third kappa shape index (κ3) is 2.61. The molecule has 1 aliphatic heterocycles. The summed E-state index contributed by atoms with van der Waals surface area (Å²) in [5.41, 5.74) is 10.3. The Morgan fingerprint density at radius 1 is 1.10 bits per heavy atom. The summed E-state index contributed by atoms with van der Waals surface area (Å²) in [6, 6.07) is 14.3. The van der Waals surface area contributed by atoms with Gasteiger partial charge in [-0.3, -0.25) is 0 Å². The molecule has 0 radical (unpaired) electrons. The van der Waals surface area contributed by atoms with Crippen LogP contribution in [0, 0.1) is 0 Å². The molecule has 0 aromatic heterocycles. The summed E-state index contributed by atoms with van der Waals surface area (Å²) < 4.78 is 5.46. The van der Waals surface area contributed by atoms with Gasteiger partial charge in [0.05, 0.1) is 18.5 Å². The van der Waals surface area contributed by atoms with Crippen LogP contribution in [0.15, 0.2) is 42.5 Å². The topological polar surface area (TPSA) is 41.7 Å². The molecule has 0 spiro atoms. The fourth-order valence-corrected chi connectivity index (χ4v) is 2.86. The van der Waals surface area contributed by atoms with Crippen LogP contribution in [-0.4, -0.2) is 27.2 Å². The molecule has 3 rings (SSSR count). The third-order valence-corrected chi connectivity index (χ3v) is 4.00. The second-order valence-corrected chi connectivity index (χ2v) is 5.40. The summed E-state index contributed by atoms with van der Waals surface area (Å²) in [4.78, 5) is 4.68. The molecule has 0 saturated heterocycles. The number of nitrogens with two attached hydrogens (primary N) is 1. The first kappa shape index (κ1) is 13.6. The van der Waals surface area contributed by atoms with Gasteiger partial charge in [-0.2, -0.15) is 0 Å². The van der Waals surface area contributed by atoms with E-state index in [9.17, 15) is 0 Å². The molecule has 2 N–H and O–H groups in total. The summed E-state index contributed by atoms with van der Waals surface area (Å²) in [5, 5.41) is 0. The fraction of sp³-hybridized carbons (Fsp3) is 0.294. The molecular formula is C17H21N3O. The quantitative estimate of drug-likeness (QED) is 0.880. The number of nitrogen functional groups attached to an aromatic ring is 1. The van der Waals surface area contributed by atoms with Crippen LogP contribution in [0.3, 0.4) is 0 Å². The van der Waals surface area contributed by atoms with Gasteiger partial charge in [-0.15, -0.1) is 0 Å². The minimum atomic E-state index is 0.771. The molecule has 0 saturated carbocycles. The maximum Gasteiger partial charge on any atom is 0.123 e. The van der Waals surface area contributed by atoms with E-state index in [2.05, 4.69) is 41.1 Å². The zero-order valence-electron chi connectivity index (χ0n) is 12.5. The van der Waals surface area contributed by atoms with Crippen LogP contribution < -0.4 is 20.3 Å². The Bertz CT molecular complexity index is 642. The van der Waals surface area contributed by atoms with Crippen molar-refractivity contribution in [2.75, 3.05) is 42.8 Å². The first-order valence-corrected chi connectivity index (χ1v) is 7.16. The van der Waals surface area contributed by atoms with E-state index in [0.717, 1.165) is 36.6 Å². The van der Waals surface area contributed by atoms with E-state index in [1.165, 1.54) is 11.4 Å². The molecular weight excluding hydrogens is 262 g/mol. The highest BCUT2D eigenvalue weighted by molar-refractivity contribution is 5.73. The van der Waals surface area contributed by atoms with Crippen molar-refractivity contribution in [1.29, 1.82) is 0 Å². The second kappa shape index (κ2) is 5.56. The number of hydrogen-bond donors (Lipinski definition) is 1. The number of methoxy groups -OCH3 is 1. The van der Waals surface area contributed by atoms with Gasteiger partial charge < -0.3 is 20.3 Å².